The van der Waals surface area contributed by atoms with Gasteiger partial charge in [0.25, 0.3) is 0 Å². The van der Waals surface area contributed by atoms with Crippen molar-refractivity contribution in [3.63, 3.8) is 0 Å². The van der Waals surface area contributed by atoms with Gasteiger partial charge in [-0.1, -0.05) is 28.1 Å². The molecule has 160 valence electrons. The topological polar surface area (TPSA) is 116 Å². The zero-order chi connectivity index (χ0) is 22.4. The van der Waals surface area contributed by atoms with Crippen molar-refractivity contribution >= 4 is 50.5 Å². The summed E-state index contributed by atoms with van der Waals surface area (Å²) < 4.78 is 5.13. The molecule has 0 atom stereocenters. The molecule has 0 radical (unpaired) electrons. The maximum Gasteiger partial charge on any atom is 0.311 e. The number of nitro benzene ring substituents is 2. The number of ether oxygens (including phenoxy) is 1. The molecule has 0 bridgehead atoms. The minimum Gasteiger partial charge on any atom is -0.502 e. The minimum atomic E-state index is -0.609. The highest BCUT2D eigenvalue weighted by Gasteiger charge is 2.14. The van der Waals surface area contributed by atoms with E-state index in [2.05, 4.69) is 15.9 Å². The van der Waals surface area contributed by atoms with Crippen molar-refractivity contribution < 1.29 is 19.7 Å². The van der Waals surface area contributed by atoms with Gasteiger partial charge in [0, 0.05) is 23.3 Å². The van der Waals surface area contributed by atoms with Crippen molar-refractivity contribution in [2.75, 3.05) is 23.7 Å². The number of aromatic hydroxyl groups is 1. The van der Waals surface area contributed by atoms with E-state index in [1.165, 1.54) is 18.2 Å². The SMILES string of the molecule is Cc1ccc(O)c([N+](=O)[O-])c1.Cc1ccc(OCCCl)c([N+](=O)[O-])c1.ClCCBr. The molecular weight excluding hydrogens is 491 g/mol. The Bertz CT molecular complexity index is 806. The molecule has 0 aromatic heterocycles. The monoisotopic (exact) mass is 510 g/mol. The molecule has 8 nitrogen and oxygen atoms in total. The van der Waals surface area contributed by atoms with E-state index >= 15 is 0 Å². The van der Waals surface area contributed by atoms with Crippen LogP contribution < -0.4 is 4.74 Å². The highest BCUT2D eigenvalue weighted by Crippen LogP contribution is 2.27. The number of hydrogen-bond acceptors (Lipinski definition) is 6. The molecule has 0 saturated carbocycles. The van der Waals surface area contributed by atoms with Crippen molar-refractivity contribution in [2.45, 2.75) is 13.8 Å². The second-order valence-electron chi connectivity index (χ2n) is 5.39. The first-order valence-corrected chi connectivity index (χ1v) is 10.4. The van der Waals surface area contributed by atoms with Gasteiger partial charge in [-0.05, 0) is 37.1 Å². The van der Waals surface area contributed by atoms with Gasteiger partial charge in [0.15, 0.2) is 11.5 Å². The summed E-state index contributed by atoms with van der Waals surface area (Å²) in [4.78, 5) is 19.8. The van der Waals surface area contributed by atoms with Crippen molar-refractivity contribution in [2.24, 2.45) is 0 Å². The van der Waals surface area contributed by atoms with Crippen LogP contribution in [-0.4, -0.2) is 38.7 Å². The number of phenols is 1. The number of nitro groups is 2. The second kappa shape index (κ2) is 14.8. The molecule has 0 fully saturated rings. The largest absolute Gasteiger partial charge is 0.502 e. The quantitative estimate of drug-likeness (QED) is 0.300. The lowest BCUT2D eigenvalue weighted by Crippen LogP contribution is -2.01. The molecule has 0 amide bonds. The van der Waals surface area contributed by atoms with Gasteiger partial charge in [-0.3, -0.25) is 20.2 Å². The van der Waals surface area contributed by atoms with Gasteiger partial charge in [-0.15, -0.1) is 23.2 Å². The molecule has 2 aromatic rings. The summed E-state index contributed by atoms with van der Waals surface area (Å²) in [6, 6.07) is 9.07. The van der Waals surface area contributed by atoms with Crippen LogP contribution in [0.3, 0.4) is 0 Å². The van der Waals surface area contributed by atoms with Gasteiger partial charge in [-0.2, -0.15) is 0 Å². The first kappa shape index (κ1) is 26.9. The summed E-state index contributed by atoms with van der Waals surface area (Å²) in [5, 5.41) is 30.7. The first-order valence-electron chi connectivity index (χ1n) is 8.17. The molecule has 0 aliphatic carbocycles. The summed E-state index contributed by atoms with van der Waals surface area (Å²) in [6.07, 6.45) is 0. The molecule has 0 unspecified atom stereocenters. The van der Waals surface area contributed by atoms with E-state index < -0.39 is 9.85 Å². The Labute approximate surface area is 186 Å². The number of phenolic OH excluding ortho intramolecular Hbond substituents is 1. The number of aryl methyl sites for hydroxylation is 2. The molecule has 11 heteroatoms. The van der Waals surface area contributed by atoms with Crippen LogP contribution in [0.25, 0.3) is 0 Å². The van der Waals surface area contributed by atoms with E-state index in [9.17, 15) is 20.2 Å². The number of halogens is 3. The van der Waals surface area contributed by atoms with Crippen molar-refractivity contribution in [1.82, 2.24) is 0 Å². The minimum absolute atomic E-state index is 0.0184. The molecule has 0 aliphatic heterocycles. The van der Waals surface area contributed by atoms with Crippen LogP contribution in [0.15, 0.2) is 36.4 Å². The number of nitrogens with zero attached hydrogens (tertiary/aromatic N) is 2. The van der Waals surface area contributed by atoms with Crippen molar-refractivity contribution in [1.29, 1.82) is 0 Å². The van der Waals surface area contributed by atoms with Gasteiger partial charge in [-0.25, -0.2) is 0 Å². The third-order valence-electron chi connectivity index (χ3n) is 3.04. The van der Waals surface area contributed by atoms with Crippen molar-refractivity contribution in [3.05, 3.63) is 67.8 Å². The summed E-state index contributed by atoms with van der Waals surface area (Å²) in [5.74, 6) is 0.993. The number of benzene rings is 2. The fraction of sp³-hybridized carbons (Fsp3) is 0.333. The average molecular weight is 512 g/mol. The predicted octanol–water partition coefficient (Wildman–Crippen LogP) is 5.75. The van der Waals surface area contributed by atoms with Crippen LogP contribution in [0.4, 0.5) is 11.4 Å². The Morgan fingerprint density at radius 2 is 1.45 bits per heavy atom. The molecule has 0 spiro atoms. The lowest BCUT2D eigenvalue weighted by Gasteiger charge is -2.04. The molecule has 0 heterocycles. The van der Waals surface area contributed by atoms with E-state index in [1.54, 1.807) is 32.0 Å². The van der Waals surface area contributed by atoms with Gasteiger partial charge >= 0.3 is 11.4 Å². The molecule has 0 aliphatic rings. The molecule has 1 N–H and O–H groups in total. The highest BCUT2D eigenvalue weighted by atomic mass is 79.9. The fourth-order valence-corrected chi connectivity index (χ4v) is 1.90. The molecule has 2 aromatic carbocycles. The van der Waals surface area contributed by atoms with Crippen LogP contribution in [0.2, 0.25) is 0 Å². The number of alkyl halides is 3. The van der Waals surface area contributed by atoms with E-state index in [0.29, 0.717) is 11.8 Å². The maximum absolute atomic E-state index is 10.6. The fourth-order valence-electron chi connectivity index (χ4n) is 1.82. The standard InChI is InChI=1S/C9H10ClNO3.C7H7NO3.C2H4BrCl/c1-7-2-3-9(14-5-4-10)8(6-7)11(12)13;1-5-2-3-7(9)6(4-5)8(10)11;3-1-2-4/h2-3,6H,4-5H2,1H3;2-4,9H,1H3;1-2H2. The van der Waals surface area contributed by atoms with Crippen LogP contribution in [0, 0.1) is 34.1 Å². The zero-order valence-corrected chi connectivity index (χ0v) is 18.9. The lowest BCUT2D eigenvalue weighted by molar-refractivity contribution is -0.386. The zero-order valence-electron chi connectivity index (χ0n) is 15.8. The Kier molecular flexibility index (Phi) is 13.8. The van der Waals surface area contributed by atoms with E-state index in [-0.39, 0.29) is 29.5 Å². The van der Waals surface area contributed by atoms with Gasteiger partial charge in [0.1, 0.15) is 6.61 Å². The Balaban J connectivity index is 0.000000466. The van der Waals surface area contributed by atoms with Gasteiger partial charge in [0.2, 0.25) is 0 Å². The Morgan fingerprint density at radius 3 is 1.86 bits per heavy atom. The lowest BCUT2D eigenvalue weighted by atomic mass is 10.2. The third kappa shape index (κ3) is 10.9. The Morgan fingerprint density at radius 1 is 0.966 bits per heavy atom. The van der Waals surface area contributed by atoms with E-state index in [0.717, 1.165) is 16.5 Å². The second-order valence-corrected chi connectivity index (χ2v) is 6.94. The number of rotatable bonds is 6. The van der Waals surface area contributed by atoms with Crippen LogP contribution in [-0.2, 0) is 0 Å². The van der Waals surface area contributed by atoms with E-state index in [4.69, 9.17) is 33.0 Å². The normalized spacial score (nSPS) is 9.41. The van der Waals surface area contributed by atoms with Crippen LogP contribution in [0.5, 0.6) is 11.5 Å². The third-order valence-corrected chi connectivity index (χ3v) is 4.24. The van der Waals surface area contributed by atoms with Gasteiger partial charge in [0.05, 0.1) is 15.7 Å². The smallest absolute Gasteiger partial charge is 0.311 e. The molecular formula is C18H21BrCl2N2O6. The van der Waals surface area contributed by atoms with Gasteiger partial charge < -0.3 is 9.84 Å². The highest BCUT2D eigenvalue weighted by molar-refractivity contribution is 9.09. The summed E-state index contributed by atoms with van der Waals surface area (Å²) in [6.45, 7) is 3.79. The molecule has 2 rings (SSSR count). The summed E-state index contributed by atoms with van der Waals surface area (Å²) in [5.41, 5.74) is 1.32. The van der Waals surface area contributed by atoms with Crippen molar-refractivity contribution in [3.8, 4) is 11.5 Å². The summed E-state index contributed by atoms with van der Waals surface area (Å²) >= 11 is 13.7. The molecule has 29 heavy (non-hydrogen) atoms. The Hall–Kier alpha value is -2.10. The first-order chi connectivity index (χ1) is 13.7. The molecule has 0 saturated heterocycles. The van der Waals surface area contributed by atoms with Crippen LogP contribution >= 0.6 is 39.1 Å². The predicted molar refractivity (Wildman–Crippen MR) is 118 cm³/mol. The summed E-state index contributed by atoms with van der Waals surface area (Å²) in [7, 11) is 0. The van der Waals surface area contributed by atoms with Crippen LogP contribution in [0.1, 0.15) is 11.1 Å². The maximum atomic E-state index is 10.6. The number of hydrogen-bond donors (Lipinski definition) is 1. The van der Waals surface area contributed by atoms with E-state index in [1.807, 2.05) is 0 Å². The average Bonchev–Trinajstić information content (AvgIpc) is 2.69.